The van der Waals surface area contributed by atoms with E-state index in [-0.39, 0.29) is 0 Å². The van der Waals surface area contributed by atoms with Gasteiger partial charge in [0.15, 0.2) is 0 Å². The van der Waals surface area contributed by atoms with Gasteiger partial charge in [0.05, 0.1) is 0 Å². The summed E-state index contributed by atoms with van der Waals surface area (Å²) < 4.78 is 0. The first kappa shape index (κ1) is 14.0. The van der Waals surface area contributed by atoms with Gasteiger partial charge in [-0.2, -0.15) is 0 Å². The lowest BCUT2D eigenvalue weighted by Gasteiger charge is -2.35. The second kappa shape index (κ2) is 8.08. The second-order valence-corrected chi connectivity index (χ2v) is 5.60. The summed E-state index contributed by atoms with van der Waals surface area (Å²) in [6, 6.07) is 0. The fourth-order valence-electron chi connectivity index (χ4n) is 2.56. The molecule has 1 rings (SSSR count). The van der Waals surface area contributed by atoms with E-state index in [0.717, 1.165) is 18.4 Å². The van der Waals surface area contributed by atoms with Crippen molar-refractivity contribution in [2.75, 3.05) is 26.2 Å². The molecule has 16 heavy (non-hydrogen) atoms. The van der Waals surface area contributed by atoms with Gasteiger partial charge >= 0.3 is 0 Å². The summed E-state index contributed by atoms with van der Waals surface area (Å²) in [6.45, 7) is 9.63. The molecule has 0 aromatic heterocycles. The minimum absolute atomic E-state index is 0.863. The van der Waals surface area contributed by atoms with Crippen molar-refractivity contribution >= 4 is 0 Å². The lowest BCUT2D eigenvalue weighted by molar-refractivity contribution is 0.136. The molecule has 96 valence electrons. The van der Waals surface area contributed by atoms with E-state index in [1.165, 1.54) is 58.2 Å². The van der Waals surface area contributed by atoms with Crippen molar-refractivity contribution < 1.29 is 0 Å². The van der Waals surface area contributed by atoms with E-state index in [4.69, 9.17) is 5.73 Å². The van der Waals surface area contributed by atoms with Crippen LogP contribution in [0.5, 0.6) is 0 Å². The average Bonchev–Trinajstić information content (AvgIpc) is 2.28. The van der Waals surface area contributed by atoms with Gasteiger partial charge in [-0.1, -0.05) is 33.1 Å². The van der Waals surface area contributed by atoms with E-state index in [1.807, 2.05) is 0 Å². The molecular formula is C14H30N2. The standard InChI is InChI=1S/C14H30N2/c1-13-8-11-16(12-14(13)2)10-7-5-3-4-6-9-15/h13-14H,3-12,15H2,1-2H3. The quantitative estimate of drug-likeness (QED) is 0.676. The molecule has 2 atom stereocenters. The molecular weight excluding hydrogens is 196 g/mol. The van der Waals surface area contributed by atoms with Crippen LogP contribution in [-0.2, 0) is 0 Å². The Bertz CT molecular complexity index is 170. The molecule has 1 heterocycles. The number of rotatable bonds is 7. The molecule has 0 amide bonds. The van der Waals surface area contributed by atoms with Crippen LogP contribution >= 0.6 is 0 Å². The number of hydrogen-bond acceptors (Lipinski definition) is 2. The molecule has 1 fully saturated rings. The van der Waals surface area contributed by atoms with E-state index in [0.29, 0.717) is 0 Å². The smallest absolute Gasteiger partial charge is 0.000957 e. The van der Waals surface area contributed by atoms with Crippen molar-refractivity contribution in [3.05, 3.63) is 0 Å². The zero-order chi connectivity index (χ0) is 11.8. The lowest BCUT2D eigenvalue weighted by Crippen LogP contribution is -2.38. The molecule has 0 aliphatic carbocycles. The first-order chi connectivity index (χ1) is 7.74. The highest BCUT2D eigenvalue weighted by Crippen LogP contribution is 2.22. The molecule has 1 aliphatic rings. The summed E-state index contributed by atoms with van der Waals surface area (Å²) in [5.74, 6) is 1.83. The SMILES string of the molecule is CC1CCN(CCCCCCCN)CC1C. The molecule has 2 heteroatoms. The second-order valence-electron chi connectivity index (χ2n) is 5.60. The van der Waals surface area contributed by atoms with Crippen molar-refractivity contribution in [3.8, 4) is 0 Å². The van der Waals surface area contributed by atoms with Crippen molar-refractivity contribution in [1.82, 2.24) is 4.90 Å². The summed E-state index contributed by atoms with van der Waals surface area (Å²) in [4.78, 5) is 2.66. The van der Waals surface area contributed by atoms with Gasteiger partial charge < -0.3 is 10.6 Å². The minimum Gasteiger partial charge on any atom is -0.330 e. The molecule has 0 aromatic carbocycles. The first-order valence-electron chi connectivity index (χ1n) is 7.16. The predicted octanol–water partition coefficient (Wildman–Crippen LogP) is 2.87. The van der Waals surface area contributed by atoms with Gasteiger partial charge in [-0.15, -0.1) is 0 Å². The number of hydrogen-bond donors (Lipinski definition) is 1. The Morgan fingerprint density at radius 1 is 1.00 bits per heavy atom. The predicted molar refractivity (Wildman–Crippen MR) is 71.5 cm³/mol. The van der Waals surface area contributed by atoms with Gasteiger partial charge in [0, 0.05) is 6.54 Å². The van der Waals surface area contributed by atoms with Crippen LogP contribution in [-0.4, -0.2) is 31.1 Å². The average molecular weight is 226 g/mol. The van der Waals surface area contributed by atoms with Gasteiger partial charge in [0.2, 0.25) is 0 Å². The Morgan fingerprint density at radius 3 is 2.38 bits per heavy atom. The Balaban J connectivity index is 1.97. The summed E-state index contributed by atoms with van der Waals surface area (Å²) in [5, 5.41) is 0. The topological polar surface area (TPSA) is 29.3 Å². The van der Waals surface area contributed by atoms with Crippen LogP contribution in [0.3, 0.4) is 0 Å². The van der Waals surface area contributed by atoms with Crippen LogP contribution in [0.2, 0.25) is 0 Å². The van der Waals surface area contributed by atoms with Crippen LogP contribution in [0.25, 0.3) is 0 Å². The number of nitrogens with zero attached hydrogens (tertiary/aromatic N) is 1. The monoisotopic (exact) mass is 226 g/mol. The fourth-order valence-corrected chi connectivity index (χ4v) is 2.56. The van der Waals surface area contributed by atoms with Crippen molar-refractivity contribution in [1.29, 1.82) is 0 Å². The summed E-state index contributed by atoms with van der Waals surface area (Å²) in [5.41, 5.74) is 5.48. The minimum atomic E-state index is 0.863. The van der Waals surface area contributed by atoms with Crippen LogP contribution in [0, 0.1) is 11.8 Å². The Kier molecular flexibility index (Phi) is 7.06. The van der Waals surface area contributed by atoms with Crippen molar-refractivity contribution in [3.63, 3.8) is 0 Å². The third kappa shape index (κ3) is 5.31. The molecule has 1 saturated heterocycles. The number of piperidine rings is 1. The van der Waals surface area contributed by atoms with Crippen LogP contribution in [0.4, 0.5) is 0 Å². The third-order valence-corrected chi connectivity index (χ3v) is 4.10. The van der Waals surface area contributed by atoms with E-state index in [2.05, 4.69) is 18.7 Å². The molecule has 2 unspecified atom stereocenters. The summed E-state index contributed by atoms with van der Waals surface area (Å²) in [7, 11) is 0. The number of likely N-dealkylation sites (tertiary alicyclic amines) is 1. The molecule has 0 bridgehead atoms. The maximum atomic E-state index is 5.48. The zero-order valence-electron chi connectivity index (χ0n) is 11.3. The number of nitrogens with two attached hydrogens (primary N) is 1. The Labute approximate surface area is 102 Å². The summed E-state index contributed by atoms with van der Waals surface area (Å²) in [6.07, 6.45) is 8.07. The molecule has 0 aromatic rings. The fraction of sp³-hybridized carbons (Fsp3) is 1.00. The van der Waals surface area contributed by atoms with E-state index < -0.39 is 0 Å². The molecule has 1 aliphatic heterocycles. The van der Waals surface area contributed by atoms with Gasteiger partial charge in [-0.3, -0.25) is 0 Å². The molecule has 2 N–H and O–H groups in total. The summed E-state index contributed by atoms with van der Waals surface area (Å²) >= 11 is 0. The van der Waals surface area contributed by atoms with Crippen LogP contribution in [0.1, 0.15) is 52.4 Å². The van der Waals surface area contributed by atoms with Crippen LogP contribution in [0.15, 0.2) is 0 Å². The maximum Gasteiger partial charge on any atom is 0.000957 e. The van der Waals surface area contributed by atoms with Gasteiger partial charge in [-0.05, 0) is 50.7 Å². The Morgan fingerprint density at radius 2 is 1.69 bits per heavy atom. The van der Waals surface area contributed by atoms with Crippen molar-refractivity contribution in [2.24, 2.45) is 17.6 Å². The van der Waals surface area contributed by atoms with Gasteiger partial charge in [-0.25, -0.2) is 0 Å². The van der Waals surface area contributed by atoms with E-state index in [1.54, 1.807) is 0 Å². The van der Waals surface area contributed by atoms with Crippen molar-refractivity contribution in [2.45, 2.75) is 52.4 Å². The Hall–Kier alpha value is -0.0800. The zero-order valence-corrected chi connectivity index (χ0v) is 11.3. The van der Waals surface area contributed by atoms with E-state index >= 15 is 0 Å². The third-order valence-electron chi connectivity index (χ3n) is 4.10. The highest BCUT2D eigenvalue weighted by Gasteiger charge is 2.21. The van der Waals surface area contributed by atoms with Crippen LogP contribution < -0.4 is 5.73 Å². The molecule has 2 nitrogen and oxygen atoms in total. The molecule has 0 spiro atoms. The maximum absolute atomic E-state index is 5.48. The molecule has 0 saturated carbocycles. The van der Waals surface area contributed by atoms with Gasteiger partial charge in [0.25, 0.3) is 0 Å². The van der Waals surface area contributed by atoms with Gasteiger partial charge in [0.1, 0.15) is 0 Å². The normalized spacial score (nSPS) is 27.2. The lowest BCUT2D eigenvalue weighted by atomic mass is 9.88. The highest BCUT2D eigenvalue weighted by atomic mass is 15.1. The highest BCUT2D eigenvalue weighted by molar-refractivity contribution is 4.74. The largest absolute Gasteiger partial charge is 0.330 e. The number of unbranched alkanes of at least 4 members (excludes halogenated alkanes) is 4. The first-order valence-corrected chi connectivity index (χ1v) is 7.16. The molecule has 0 radical (unpaired) electrons. The van der Waals surface area contributed by atoms with E-state index in [9.17, 15) is 0 Å².